The Morgan fingerprint density at radius 2 is 2.04 bits per heavy atom. The minimum Gasteiger partial charge on any atom is -0.361 e. The molecule has 0 aliphatic rings. The monoisotopic (exact) mass is 363 g/mol. The number of hydrogen-bond acceptors (Lipinski definition) is 2. The Morgan fingerprint density at radius 1 is 1.19 bits per heavy atom. The molecule has 3 N–H and O–H groups in total. The molecule has 0 amide bonds. The van der Waals surface area contributed by atoms with Crippen LogP contribution < -0.4 is 10.6 Å². The van der Waals surface area contributed by atoms with Crippen LogP contribution in [-0.2, 0) is 13.0 Å². The van der Waals surface area contributed by atoms with Crippen LogP contribution in [0, 0.1) is 24.1 Å². The Hall–Kier alpha value is -3.33. The molecule has 27 heavy (non-hydrogen) atoms. The summed E-state index contributed by atoms with van der Waals surface area (Å²) in [5, 5.41) is 16.5. The van der Waals surface area contributed by atoms with Gasteiger partial charge in [-0.1, -0.05) is 12.1 Å². The zero-order chi connectivity index (χ0) is 19.2. The first-order valence-corrected chi connectivity index (χ1v) is 8.80. The number of aliphatic imine (C=N–C) groups is 1. The molecule has 0 aliphatic carbocycles. The second-order valence-corrected chi connectivity index (χ2v) is 6.38. The van der Waals surface area contributed by atoms with Crippen molar-refractivity contribution in [3.63, 3.8) is 0 Å². The molecule has 0 fully saturated rings. The third kappa shape index (κ3) is 4.45. The number of aryl methyl sites for hydroxylation is 1. The van der Waals surface area contributed by atoms with E-state index in [-0.39, 0.29) is 12.4 Å². The Balaban J connectivity index is 1.56. The van der Waals surface area contributed by atoms with Crippen LogP contribution >= 0.6 is 0 Å². The minimum absolute atomic E-state index is 0.257. The number of fused-ring (bicyclic) bond motifs is 1. The molecule has 0 unspecified atom stereocenters. The van der Waals surface area contributed by atoms with Gasteiger partial charge in [0.25, 0.3) is 0 Å². The predicted molar refractivity (Wildman–Crippen MR) is 106 cm³/mol. The van der Waals surface area contributed by atoms with Gasteiger partial charge in [0.2, 0.25) is 0 Å². The zero-order valence-electron chi connectivity index (χ0n) is 15.4. The fourth-order valence-corrected chi connectivity index (χ4v) is 3.00. The topological polar surface area (TPSA) is 76.0 Å². The van der Waals surface area contributed by atoms with Crippen molar-refractivity contribution in [1.82, 2.24) is 15.6 Å². The van der Waals surface area contributed by atoms with E-state index in [1.165, 1.54) is 28.6 Å². The molecule has 0 spiro atoms. The van der Waals surface area contributed by atoms with Gasteiger partial charge >= 0.3 is 0 Å². The lowest BCUT2D eigenvalue weighted by Crippen LogP contribution is -2.38. The molecule has 3 rings (SSSR count). The molecule has 3 aromatic rings. The van der Waals surface area contributed by atoms with Crippen molar-refractivity contribution in [3.8, 4) is 6.07 Å². The molecule has 1 heterocycles. The smallest absolute Gasteiger partial charge is 0.191 e. The van der Waals surface area contributed by atoms with E-state index in [9.17, 15) is 4.39 Å². The van der Waals surface area contributed by atoms with Crippen LogP contribution in [0.2, 0.25) is 0 Å². The second-order valence-electron chi connectivity index (χ2n) is 6.38. The maximum absolute atomic E-state index is 13.9. The fraction of sp³-hybridized carbons (Fsp3) is 0.238. The molecule has 0 radical (unpaired) electrons. The molecule has 0 saturated heterocycles. The standard InChI is InChI=1S/C21H22FN5/c1-14-3-5-18-16(12-26-20(18)9-14)7-8-25-21(24-2)27-13-17-10-15(11-23)4-6-19(17)22/h3-6,9-10,12,26H,7-8,13H2,1-2H3,(H2,24,25,27). The molecule has 2 aromatic carbocycles. The average Bonchev–Trinajstić information content (AvgIpc) is 3.07. The SMILES string of the molecule is CN=C(NCCc1c[nH]c2cc(C)ccc12)NCc1cc(C#N)ccc1F. The Labute approximate surface area is 157 Å². The van der Waals surface area contributed by atoms with Crippen LogP contribution in [0.5, 0.6) is 0 Å². The molecule has 0 aliphatic heterocycles. The number of nitrogens with one attached hydrogen (secondary N) is 3. The van der Waals surface area contributed by atoms with Gasteiger partial charge in [-0.2, -0.15) is 5.26 Å². The first kappa shape index (κ1) is 18.5. The van der Waals surface area contributed by atoms with Crippen LogP contribution in [0.15, 0.2) is 47.6 Å². The van der Waals surface area contributed by atoms with Crippen molar-refractivity contribution in [1.29, 1.82) is 5.26 Å². The molecule has 6 heteroatoms. The summed E-state index contributed by atoms with van der Waals surface area (Å²) >= 11 is 0. The van der Waals surface area contributed by atoms with E-state index in [2.05, 4.69) is 45.7 Å². The molecule has 138 valence electrons. The number of guanidine groups is 1. The quantitative estimate of drug-likeness (QED) is 0.480. The van der Waals surface area contributed by atoms with Gasteiger partial charge in [0.15, 0.2) is 5.96 Å². The van der Waals surface area contributed by atoms with Crippen molar-refractivity contribution < 1.29 is 4.39 Å². The maximum atomic E-state index is 13.9. The lowest BCUT2D eigenvalue weighted by Gasteiger charge is -2.12. The van der Waals surface area contributed by atoms with Crippen LogP contribution in [-0.4, -0.2) is 24.5 Å². The number of nitrogens with zero attached hydrogens (tertiary/aromatic N) is 2. The van der Waals surface area contributed by atoms with E-state index >= 15 is 0 Å². The molecule has 1 aromatic heterocycles. The third-order valence-corrected chi connectivity index (χ3v) is 4.45. The van der Waals surface area contributed by atoms with Crippen molar-refractivity contribution in [2.75, 3.05) is 13.6 Å². The summed E-state index contributed by atoms with van der Waals surface area (Å²) in [6, 6.07) is 12.7. The summed E-state index contributed by atoms with van der Waals surface area (Å²) in [5.74, 6) is 0.249. The first-order chi connectivity index (χ1) is 13.1. The normalized spacial score (nSPS) is 11.4. The second kappa shape index (κ2) is 8.37. The number of aromatic amines is 1. The summed E-state index contributed by atoms with van der Waals surface area (Å²) < 4.78 is 13.9. The number of aromatic nitrogens is 1. The Bertz CT molecular complexity index is 1010. The van der Waals surface area contributed by atoms with E-state index < -0.39 is 0 Å². The molecule has 5 nitrogen and oxygen atoms in total. The number of nitriles is 1. The highest BCUT2D eigenvalue weighted by Gasteiger charge is 2.07. The van der Waals surface area contributed by atoms with Crippen LogP contribution in [0.25, 0.3) is 10.9 Å². The number of benzene rings is 2. The van der Waals surface area contributed by atoms with E-state index in [0.717, 1.165) is 11.9 Å². The van der Waals surface area contributed by atoms with Crippen molar-refractivity contribution in [2.45, 2.75) is 19.9 Å². The van der Waals surface area contributed by atoms with Gasteiger partial charge in [0, 0.05) is 42.8 Å². The Morgan fingerprint density at radius 3 is 2.81 bits per heavy atom. The molecule has 0 bridgehead atoms. The van der Waals surface area contributed by atoms with Gasteiger partial charge in [0.05, 0.1) is 11.6 Å². The van der Waals surface area contributed by atoms with E-state index in [1.807, 2.05) is 12.3 Å². The minimum atomic E-state index is -0.342. The number of halogens is 1. The van der Waals surface area contributed by atoms with Gasteiger partial charge in [-0.05, 0) is 48.7 Å². The van der Waals surface area contributed by atoms with Gasteiger partial charge in [-0.15, -0.1) is 0 Å². The third-order valence-electron chi connectivity index (χ3n) is 4.45. The number of H-pyrrole nitrogens is 1. The summed E-state index contributed by atoms with van der Waals surface area (Å²) in [7, 11) is 1.67. The summed E-state index contributed by atoms with van der Waals surface area (Å²) in [6.07, 6.45) is 2.87. The highest BCUT2D eigenvalue weighted by Crippen LogP contribution is 2.19. The molecular formula is C21H22FN5. The highest BCUT2D eigenvalue weighted by molar-refractivity contribution is 5.84. The number of rotatable bonds is 5. The van der Waals surface area contributed by atoms with Crippen LogP contribution in [0.4, 0.5) is 4.39 Å². The molecule has 0 saturated carbocycles. The fourth-order valence-electron chi connectivity index (χ4n) is 3.00. The van der Waals surface area contributed by atoms with Gasteiger partial charge in [-0.3, -0.25) is 4.99 Å². The van der Waals surface area contributed by atoms with Crippen molar-refractivity contribution in [3.05, 3.63) is 70.7 Å². The summed E-state index contributed by atoms with van der Waals surface area (Å²) in [5.41, 5.74) is 4.47. The predicted octanol–water partition coefficient (Wildman–Crippen LogP) is 3.39. The van der Waals surface area contributed by atoms with Gasteiger partial charge in [-0.25, -0.2) is 4.39 Å². The lowest BCUT2D eigenvalue weighted by molar-refractivity contribution is 0.604. The van der Waals surface area contributed by atoms with Gasteiger partial charge < -0.3 is 15.6 Å². The Kier molecular flexibility index (Phi) is 5.72. The largest absolute Gasteiger partial charge is 0.361 e. The van der Waals surface area contributed by atoms with Crippen LogP contribution in [0.3, 0.4) is 0 Å². The van der Waals surface area contributed by atoms with Crippen molar-refractivity contribution >= 4 is 16.9 Å². The van der Waals surface area contributed by atoms with E-state index in [4.69, 9.17) is 5.26 Å². The summed E-state index contributed by atoms with van der Waals surface area (Å²) in [4.78, 5) is 7.47. The number of hydrogen-bond donors (Lipinski definition) is 3. The van der Waals surface area contributed by atoms with Crippen molar-refractivity contribution in [2.24, 2.45) is 4.99 Å². The van der Waals surface area contributed by atoms with E-state index in [1.54, 1.807) is 13.1 Å². The average molecular weight is 363 g/mol. The zero-order valence-corrected chi connectivity index (χ0v) is 15.4. The van der Waals surface area contributed by atoms with E-state index in [0.29, 0.717) is 23.6 Å². The molecular weight excluding hydrogens is 341 g/mol. The highest BCUT2D eigenvalue weighted by atomic mass is 19.1. The molecule has 0 atom stereocenters. The van der Waals surface area contributed by atoms with Crippen LogP contribution in [0.1, 0.15) is 22.3 Å². The lowest BCUT2D eigenvalue weighted by atomic mass is 10.1. The first-order valence-electron chi connectivity index (χ1n) is 8.80. The summed E-state index contributed by atoms with van der Waals surface area (Å²) in [6.45, 7) is 3.03. The van der Waals surface area contributed by atoms with Gasteiger partial charge in [0.1, 0.15) is 5.82 Å². The maximum Gasteiger partial charge on any atom is 0.191 e.